The van der Waals surface area contributed by atoms with Gasteiger partial charge in [0, 0.05) is 12.2 Å². The van der Waals surface area contributed by atoms with Gasteiger partial charge in [-0.2, -0.15) is 0 Å². The van der Waals surface area contributed by atoms with Crippen molar-refractivity contribution in [3.63, 3.8) is 0 Å². The molecule has 0 fully saturated rings. The van der Waals surface area contributed by atoms with E-state index in [1.165, 1.54) is 0 Å². The molecule has 12 heavy (non-hydrogen) atoms. The molecule has 1 atom stereocenters. The standard InChI is InChI=1S/C7H8N2.CH5P.H2O/c8-7(9)6-4-2-1-3-5-6;1-2;/h1-5H,(H3,8,9);2H2,1H3;1H2. The van der Waals surface area contributed by atoms with Crippen molar-refractivity contribution in [1.82, 2.24) is 0 Å². The van der Waals surface area contributed by atoms with Crippen LogP contribution in [0.5, 0.6) is 0 Å². The maximum Gasteiger partial charge on any atom is 0.122 e. The molecule has 1 aromatic rings. The Kier molecular flexibility index (Phi) is 9.31. The molecule has 0 amide bonds. The summed E-state index contributed by atoms with van der Waals surface area (Å²) in [5.41, 5.74) is 5.97. The molecule has 0 aliphatic heterocycles. The Labute approximate surface area is 75.0 Å². The fourth-order valence-corrected chi connectivity index (χ4v) is 0.618. The Morgan fingerprint density at radius 3 is 1.92 bits per heavy atom. The Bertz CT molecular complexity index is 214. The van der Waals surface area contributed by atoms with Crippen molar-refractivity contribution in [3.05, 3.63) is 35.9 Å². The number of rotatable bonds is 1. The molecule has 0 heterocycles. The maximum absolute atomic E-state index is 7.01. The van der Waals surface area contributed by atoms with Gasteiger partial charge >= 0.3 is 0 Å². The van der Waals surface area contributed by atoms with Gasteiger partial charge in [0.1, 0.15) is 5.84 Å². The van der Waals surface area contributed by atoms with Gasteiger partial charge in [0.2, 0.25) is 0 Å². The highest BCUT2D eigenvalue weighted by atomic mass is 31.0. The summed E-state index contributed by atoms with van der Waals surface area (Å²) >= 11 is 0. The van der Waals surface area contributed by atoms with E-state index >= 15 is 0 Å². The van der Waals surface area contributed by atoms with Gasteiger partial charge in [-0.15, -0.1) is 0 Å². The van der Waals surface area contributed by atoms with Crippen LogP contribution in [0.25, 0.3) is 0 Å². The molecule has 0 aliphatic carbocycles. The average Bonchev–Trinajstić information content (AvgIpc) is 2.10. The summed E-state index contributed by atoms with van der Waals surface area (Å²) in [6.45, 7) is 2.03. The number of nitrogens with two attached hydrogens (primary N) is 1. The third-order valence-electron chi connectivity index (χ3n) is 1.08. The van der Waals surface area contributed by atoms with Crippen molar-refractivity contribution >= 4 is 15.1 Å². The Morgan fingerprint density at radius 1 is 1.25 bits per heavy atom. The second kappa shape index (κ2) is 8.18. The van der Waals surface area contributed by atoms with Crippen LogP contribution in [0.4, 0.5) is 0 Å². The number of hydrogen-bond donors (Lipinski definition) is 2. The minimum Gasteiger partial charge on any atom is -0.870 e. The van der Waals surface area contributed by atoms with Crippen molar-refractivity contribution in [2.24, 2.45) is 5.73 Å². The van der Waals surface area contributed by atoms with E-state index in [1.807, 2.05) is 46.2 Å². The largest absolute Gasteiger partial charge is 0.870 e. The summed E-state index contributed by atoms with van der Waals surface area (Å²) in [6.07, 6.45) is 0. The van der Waals surface area contributed by atoms with Crippen LogP contribution in [0.2, 0.25) is 0 Å². The molecule has 4 N–H and O–H groups in total. The smallest absolute Gasteiger partial charge is 0.122 e. The van der Waals surface area contributed by atoms with Crippen LogP contribution in [-0.4, -0.2) is 18.0 Å². The molecule has 1 rings (SSSR count). The van der Waals surface area contributed by atoms with Crippen molar-refractivity contribution < 1.29 is 5.48 Å². The summed E-state index contributed by atoms with van der Waals surface area (Å²) in [6, 6.07) is 9.23. The van der Waals surface area contributed by atoms with Crippen LogP contribution >= 0.6 is 9.24 Å². The molecule has 1 aromatic carbocycles. The van der Waals surface area contributed by atoms with Crippen LogP contribution in [-0.2, 0) is 0 Å². The Hall–Kier alpha value is -0.920. The van der Waals surface area contributed by atoms with Crippen molar-refractivity contribution in [3.8, 4) is 0 Å². The molecule has 0 saturated carbocycles. The van der Waals surface area contributed by atoms with Crippen LogP contribution in [0, 0.1) is 5.41 Å². The second-order valence-electron chi connectivity index (χ2n) is 1.78. The molecule has 0 bridgehead atoms. The molecule has 0 aliphatic rings. The highest BCUT2D eigenvalue weighted by Crippen LogP contribution is 1.94. The number of nitrogens with one attached hydrogen (secondary N) is 1. The van der Waals surface area contributed by atoms with E-state index in [1.54, 1.807) is 0 Å². The number of amidine groups is 1. The van der Waals surface area contributed by atoms with E-state index in [4.69, 9.17) is 11.1 Å². The lowest BCUT2D eigenvalue weighted by Gasteiger charge is -1.93. The normalized spacial score (nSPS) is 7.42. The lowest BCUT2D eigenvalue weighted by atomic mass is 10.2. The summed E-state index contributed by atoms with van der Waals surface area (Å²) in [7, 11) is 1.86. The highest BCUT2D eigenvalue weighted by Gasteiger charge is 1.89. The molecule has 0 saturated heterocycles. The molecule has 0 spiro atoms. The summed E-state index contributed by atoms with van der Waals surface area (Å²) in [4.78, 5) is 0. The van der Waals surface area contributed by atoms with Gasteiger partial charge < -0.3 is 11.2 Å². The zero-order valence-corrected chi connectivity index (χ0v) is 8.53. The van der Waals surface area contributed by atoms with Gasteiger partial charge in [-0.3, -0.25) is 5.41 Å². The minimum absolute atomic E-state index is 0. The Balaban J connectivity index is 0. The predicted molar refractivity (Wildman–Crippen MR) is 56.4 cm³/mol. The van der Waals surface area contributed by atoms with Crippen LogP contribution in [0.3, 0.4) is 0 Å². The van der Waals surface area contributed by atoms with Gasteiger partial charge in [-0.25, -0.2) is 0 Å². The molecular weight excluding hydrogens is 171 g/mol. The third-order valence-corrected chi connectivity index (χ3v) is 1.08. The minimum atomic E-state index is 0. The molecule has 4 heteroatoms. The van der Waals surface area contributed by atoms with E-state index < -0.39 is 0 Å². The van der Waals surface area contributed by atoms with Crippen LogP contribution in [0.15, 0.2) is 30.3 Å². The van der Waals surface area contributed by atoms with Crippen LogP contribution < -0.4 is 5.73 Å². The summed E-state index contributed by atoms with van der Waals surface area (Å²) < 4.78 is 0. The number of benzene rings is 1. The molecule has 0 radical (unpaired) electrons. The predicted octanol–water partition coefficient (Wildman–Crippen LogP) is 1.02. The van der Waals surface area contributed by atoms with E-state index in [0.717, 1.165) is 5.56 Å². The van der Waals surface area contributed by atoms with Gasteiger partial charge in [0.15, 0.2) is 0 Å². The van der Waals surface area contributed by atoms with Gasteiger partial charge in [-0.05, 0) is 9.24 Å². The topological polar surface area (TPSA) is 79.9 Å². The fourth-order valence-electron chi connectivity index (χ4n) is 0.618. The SMILES string of the molecule is C[PH3+].N=C(N)c1ccccc1.[OH-]. The number of hydrogen-bond acceptors (Lipinski definition) is 2. The van der Waals surface area contributed by atoms with Crippen molar-refractivity contribution in [2.45, 2.75) is 0 Å². The van der Waals surface area contributed by atoms with Gasteiger partial charge in [0.05, 0.1) is 0 Å². The lowest BCUT2D eigenvalue weighted by molar-refractivity contribution is 0.824. The molecule has 3 nitrogen and oxygen atoms in total. The highest BCUT2D eigenvalue weighted by molar-refractivity contribution is 7.15. The number of nitrogen functional groups attached to an aromatic ring is 1. The van der Waals surface area contributed by atoms with Gasteiger partial charge in [0.25, 0.3) is 0 Å². The van der Waals surface area contributed by atoms with Crippen LogP contribution in [0.1, 0.15) is 5.56 Å². The quantitative estimate of drug-likeness (QED) is 0.390. The van der Waals surface area contributed by atoms with E-state index in [0.29, 0.717) is 0 Å². The molecule has 68 valence electrons. The fraction of sp³-hybridized carbons (Fsp3) is 0.125. The first-order valence-electron chi connectivity index (χ1n) is 3.41. The average molecular weight is 186 g/mol. The van der Waals surface area contributed by atoms with Crippen molar-refractivity contribution in [2.75, 3.05) is 6.66 Å². The summed E-state index contributed by atoms with van der Waals surface area (Å²) in [5.74, 6) is 0.121. The zero-order valence-electron chi connectivity index (χ0n) is 7.12. The van der Waals surface area contributed by atoms with E-state index in [2.05, 4.69) is 0 Å². The lowest BCUT2D eigenvalue weighted by Crippen LogP contribution is -2.10. The van der Waals surface area contributed by atoms with Gasteiger partial charge in [-0.1, -0.05) is 30.3 Å². The molecular formula is C8H15N2OP. The Morgan fingerprint density at radius 2 is 1.67 bits per heavy atom. The molecule has 0 aromatic heterocycles. The van der Waals surface area contributed by atoms with E-state index in [9.17, 15) is 0 Å². The summed E-state index contributed by atoms with van der Waals surface area (Å²) in [5, 5.41) is 7.01. The van der Waals surface area contributed by atoms with E-state index in [-0.39, 0.29) is 11.3 Å². The third kappa shape index (κ3) is 4.83. The monoisotopic (exact) mass is 186 g/mol. The van der Waals surface area contributed by atoms with Crippen molar-refractivity contribution in [1.29, 1.82) is 5.41 Å². The second-order valence-corrected chi connectivity index (χ2v) is 1.78. The maximum atomic E-state index is 7.01. The zero-order chi connectivity index (χ0) is 8.69. The first-order chi connectivity index (χ1) is 5.30. The molecule has 1 unspecified atom stereocenters. The first-order valence-corrected chi connectivity index (χ1v) is 4.82. The first kappa shape index (κ1) is 13.7.